The topological polar surface area (TPSA) is 108 Å². The van der Waals surface area contributed by atoms with Gasteiger partial charge in [-0.3, -0.25) is 10.1 Å². The van der Waals surface area contributed by atoms with Gasteiger partial charge in [-0.05, 0) is 31.5 Å². The molecule has 1 unspecified atom stereocenters. The molecule has 7 nitrogen and oxygen atoms in total. The van der Waals surface area contributed by atoms with Crippen molar-refractivity contribution >= 4 is 10.0 Å². The number of aliphatic hydroxyl groups excluding tert-OH is 1. The first-order chi connectivity index (χ1) is 9.45. The first-order valence-corrected chi connectivity index (χ1v) is 7.51. The lowest BCUT2D eigenvalue weighted by molar-refractivity contribution is 0.273. The maximum Gasteiger partial charge on any atom is 0.244 e. The van der Waals surface area contributed by atoms with Crippen molar-refractivity contribution in [3.8, 4) is 0 Å². The van der Waals surface area contributed by atoms with Crippen molar-refractivity contribution in [1.82, 2.24) is 19.9 Å². The van der Waals surface area contributed by atoms with Crippen LogP contribution in [-0.4, -0.2) is 28.7 Å². The van der Waals surface area contributed by atoms with Gasteiger partial charge in [0, 0.05) is 18.4 Å². The lowest BCUT2D eigenvalue weighted by atomic mass is 10.1. The van der Waals surface area contributed by atoms with Gasteiger partial charge in [0.15, 0.2) is 0 Å². The molecular formula is C12H16N4O3S. The van der Waals surface area contributed by atoms with Gasteiger partial charge in [0.1, 0.15) is 10.6 Å². The average molecular weight is 296 g/mol. The Bertz CT molecular complexity index is 682. The van der Waals surface area contributed by atoms with E-state index in [1.807, 2.05) is 0 Å². The van der Waals surface area contributed by atoms with E-state index in [1.165, 1.54) is 0 Å². The van der Waals surface area contributed by atoms with Crippen molar-refractivity contribution in [2.24, 2.45) is 0 Å². The lowest BCUT2D eigenvalue weighted by Crippen LogP contribution is -2.28. The van der Waals surface area contributed by atoms with Gasteiger partial charge in [0.25, 0.3) is 0 Å². The van der Waals surface area contributed by atoms with E-state index in [4.69, 9.17) is 5.11 Å². The quantitative estimate of drug-likeness (QED) is 0.750. The average Bonchev–Trinajstić information content (AvgIpc) is 2.81. The number of nitrogens with zero attached hydrogens (tertiary/aromatic N) is 2. The number of rotatable bonds is 5. The predicted molar refractivity (Wildman–Crippen MR) is 72.2 cm³/mol. The molecule has 0 saturated heterocycles. The van der Waals surface area contributed by atoms with E-state index in [0.717, 1.165) is 5.56 Å². The molecule has 0 fully saturated rings. The summed E-state index contributed by atoms with van der Waals surface area (Å²) in [6.07, 6.45) is 3.20. The number of aryl methyl sites for hydroxylation is 1. The molecule has 1 atom stereocenters. The van der Waals surface area contributed by atoms with Crippen LogP contribution in [0.25, 0.3) is 0 Å². The maximum atomic E-state index is 12.4. The van der Waals surface area contributed by atoms with Crippen molar-refractivity contribution in [2.75, 3.05) is 0 Å². The normalized spacial score (nSPS) is 13.3. The van der Waals surface area contributed by atoms with Crippen LogP contribution in [0.5, 0.6) is 0 Å². The summed E-state index contributed by atoms with van der Waals surface area (Å²) in [7, 11) is -3.76. The standard InChI is InChI=1S/C12H16N4O3S/c1-8(10-3-5-13-6-4-10)16-20(18,19)12-9(2)14-15-11(12)7-17/h3-6,8,16-17H,7H2,1-2H3,(H,14,15). The largest absolute Gasteiger partial charge is 0.390 e. The third-order valence-electron chi connectivity index (χ3n) is 2.92. The molecule has 0 aliphatic carbocycles. The number of nitrogens with one attached hydrogen (secondary N) is 2. The van der Waals surface area contributed by atoms with Gasteiger partial charge in [-0.1, -0.05) is 0 Å². The summed E-state index contributed by atoms with van der Waals surface area (Å²) in [5.74, 6) is 0. The number of hydrogen-bond acceptors (Lipinski definition) is 5. The van der Waals surface area contributed by atoms with Crippen LogP contribution in [0.2, 0.25) is 0 Å². The van der Waals surface area contributed by atoms with Gasteiger partial charge in [0.2, 0.25) is 10.0 Å². The van der Waals surface area contributed by atoms with Gasteiger partial charge >= 0.3 is 0 Å². The summed E-state index contributed by atoms with van der Waals surface area (Å²) in [4.78, 5) is 3.89. The minimum absolute atomic E-state index is 0.000839. The molecule has 0 aliphatic rings. The van der Waals surface area contributed by atoms with E-state index < -0.39 is 22.7 Å². The molecule has 0 spiro atoms. The van der Waals surface area contributed by atoms with Crippen LogP contribution in [-0.2, 0) is 16.6 Å². The van der Waals surface area contributed by atoms with Gasteiger partial charge in [-0.15, -0.1) is 0 Å². The second kappa shape index (κ2) is 5.70. The van der Waals surface area contributed by atoms with Gasteiger partial charge in [-0.25, -0.2) is 13.1 Å². The minimum atomic E-state index is -3.76. The Labute approximate surface area is 117 Å². The smallest absolute Gasteiger partial charge is 0.244 e. The third-order valence-corrected chi connectivity index (χ3v) is 4.66. The molecule has 3 N–H and O–H groups in total. The summed E-state index contributed by atoms with van der Waals surface area (Å²) in [5.41, 5.74) is 1.30. The Morgan fingerprint density at radius 1 is 1.40 bits per heavy atom. The van der Waals surface area contributed by atoms with Crippen molar-refractivity contribution in [3.05, 3.63) is 41.5 Å². The number of sulfonamides is 1. The van der Waals surface area contributed by atoms with Crippen molar-refractivity contribution in [3.63, 3.8) is 0 Å². The van der Waals surface area contributed by atoms with Crippen LogP contribution in [0.3, 0.4) is 0 Å². The van der Waals surface area contributed by atoms with Gasteiger partial charge in [-0.2, -0.15) is 5.10 Å². The van der Waals surface area contributed by atoms with Crippen molar-refractivity contribution < 1.29 is 13.5 Å². The fourth-order valence-corrected chi connectivity index (χ4v) is 3.53. The number of aromatic nitrogens is 3. The highest BCUT2D eigenvalue weighted by molar-refractivity contribution is 7.89. The number of aliphatic hydroxyl groups is 1. The zero-order chi connectivity index (χ0) is 14.8. The first kappa shape index (κ1) is 14.6. The highest BCUT2D eigenvalue weighted by Gasteiger charge is 2.25. The van der Waals surface area contributed by atoms with Crippen molar-refractivity contribution in [1.29, 1.82) is 0 Å². The Hall–Kier alpha value is -1.77. The summed E-state index contributed by atoms with van der Waals surface area (Å²) >= 11 is 0. The van der Waals surface area contributed by atoms with Crippen LogP contribution in [0.4, 0.5) is 0 Å². The molecule has 0 radical (unpaired) electrons. The zero-order valence-corrected chi connectivity index (χ0v) is 12.0. The maximum absolute atomic E-state index is 12.4. The highest BCUT2D eigenvalue weighted by atomic mass is 32.2. The number of hydrogen-bond donors (Lipinski definition) is 3. The third kappa shape index (κ3) is 2.87. The molecule has 0 saturated carbocycles. The Morgan fingerprint density at radius 3 is 2.65 bits per heavy atom. The fraction of sp³-hybridized carbons (Fsp3) is 0.333. The van der Waals surface area contributed by atoms with Crippen LogP contribution in [0.15, 0.2) is 29.4 Å². The van der Waals surface area contributed by atoms with Crippen LogP contribution in [0, 0.1) is 6.92 Å². The molecule has 0 amide bonds. The number of pyridine rings is 1. The summed E-state index contributed by atoms with van der Waals surface area (Å²) in [5, 5.41) is 15.5. The summed E-state index contributed by atoms with van der Waals surface area (Å²) in [6, 6.07) is 3.06. The molecule has 0 aromatic carbocycles. The van der Waals surface area contributed by atoms with E-state index in [0.29, 0.717) is 5.69 Å². The summed E-state index contributed by atoms with van der Waals surface area (Å²) in [6.45, 7) is 2.89. The molecular weight excluding hydrogens is 280 g/mol. The van der Waals surface area contributed by atoms with Crippen LogP contribution >= 0.6 is 0 Å². The Morgan fingerprint density at radius 2 is 2.05 bits per heavy atom. The molecule has 108 valence electrons. The minimum Gasteiger partial charge on any atom is -0.390 e. The molecule has 8 heteroatoms. The fourth-order valence-electron chi connectivity index (χ4n) is 1.94. The molecule has 0 bridgehead atoms. The van der Waals surface area contributed by atoms with E-state index in [1.54, 1.807) is 38.4 Å². The molecule has 2 rings (SSSR count). The monoisotopic (exact) mass is 296 g/mol. The Kier molecular flexibility index (Phi) is 4.17. The second-order valence-corrected chi connectivity index (χ2v) is 6.06. The Balaban J connectivity index is 2.30. The van der Waals surface area contributed by atoms with Crippen LogP contribution in [0.1, 0.15) is 29.9 Å². The highest BCUT2D eigenvalue weighted by Crippen LogP contribution is 2.21. The number of aromatic amines is 1. The molecule has 0 aliphatic heterocycles. The van der Waals surface area contributed by atoms with E-state index in [9.17, 15) is 8.42 Å². The number of H-pyrrole nitrogens is 1. The molecule has 20 heavy (non-hydrogen) atoms. The lowest BCUT2D eigenvalue weighted by Gasteiger charge is -2.14. The van der Waals surface area contributed by atoms with E-state index in [-0.39, 0.29) is 10.6 Å². The van der Waals surface area contributed by atoms with E-state index in [2.05, 4.69) is 19.9 Å². The second-order valence-electron chi connectivity index (χ2n) is 4.41. The SMILES string of the molecule is Cc1[nH]nc(CO)c1S(=O)(=O)NC(C)c1ccncc1. The zero-order valence-electron chi connectivity index (χ0n) is 11.2. The molecule has 2 aromatic rings. The summed E-state index contributed by atoms with van der Waals surface area (Å²) < 4.78 is 27.3. The van der Waals surface area contributed by atoms with Crippen LogP contribution < -0.4 is 4.72 Å². The first-order valence-electron chi connectivity index (χ1n) is 6.02. The van der Waals surface area contributed by atoms with Gasteiger partial charge in [0.05, 0.1) is 12.3 Å². The van der Waals surface area contributed by atoms with E-state index >= 15 is 0 Å². The molecule has 2 aromatic heterocycles. The van der Waals surface area contributed by atoms with Gasteiger partial charge < -0.3 is 5.11 Å². The predicted octanol–water partition coefficient (Wildman–Crippen LogP) is 0.645. The van der Waals surface area contributed by atoms with Crippen molar-refractivity contribution in [2.45, 2.75) is 31.4 Å². The molecule has 2 heterocycles.